The van der Waals surface area contributed by atoms with E-state index in [2.05, 4.69) is 35.9 Å². The van der Waals surface area contributed by atoms with Crippen LogP contribution in [0.25, 0.3) is 0 Å². The molecular weight excluding hydrogens is 364 g/mol. The molecule has 0 bridgehead atoms. The average molecular weight is 392 g/mol. The molecule has 0 spiro atoms. The minimum Gasteiger partial charge on any atom is -0.476 e. The highest BCUT2D eigenvalue weighted by molar-refractivity contribution is 5.29. The van der Waals surface area contributed by atoms with Crippen LogP contribution in [-0.2, 0) is 26.1 Å². The Balaban J connectivity index is 1.75. The fourth-order valence-corrected chi connectivity index (χ4v) is 2.96. The van der Waals surface area contributed by atoms with Crippen molar-refractivity contribution in [3.05, 3.63) is 83.2 Å². The summed E-state index contributed by atoms with van der Waals surface area (Å²) in [7, 11) is 0. The van der Waals surface area contributed by atoms with E-state index in [1.165, 1.54) is 5.56 Å². The molecule has 0 saturated carbocycles. The minimum atomic E-state index is -0.253. The molecule has 29 heavy (non-hydrogen) atoms. The first-order chi connectivity index (χ1) is 14.2. The summed E-state index contributed by atoms with van der Waals surface area (Å²) < 4.78 is 11.8. The zero-order valence-electron chi connectivity index (χ0n) is 17.0. The van der Waals surface area contributed by atoms with Crippen molar-refractivity contribution in [3.63, 3.8) is 0 Å². The Hall–Kier alpha value is -2.92. The van der Waals surface area contributed by atoms with Crippen molar-refractivity contribution in [1.82, 2.24) is 9.97 Å². The normalized spacial score (nSPS) is 10.9. The van der Waals surface area contributed by atoms with Crippen molar-refractivity contribution in [3.8, 4) is 11.8 Å². The molecule has 0 aliphatic heterocycles. The van der Waals surface area contributed by atoms with E-state index in [-0.39, 0.29) is 6.61 Å². The largest absolute Gasteiger partial charge is 0.476 e. The smallest absolute Gasteiger partial charge is 0.238 e. The Morgan fingerprint density at radius 3 is 2.00 bits per heavy atom. The summed E-state index contributed by atoms with van der Waals surface area (Å²) in [6, 6.07) is 20.1. The first kappa shape index (κ1) is 20.8. The van der Waals surface area contributed by atoms with Crippen molar-refractivity contribution in [1.29, 1.82) is 0 Å². The maximum Gasteiger partial charge on any atom is 0.238 e. The number of aliphatic hydroxyl groups excluding tert-OH is 1. The summed E-state index contributed by atoms with van der Waals surface area (Å²) >= 11 is 0. The summed E-state index contributed by atoms with van der Waals surface area (Å²) in [5.41, 5.74) is 3.39. The van der Waals surface area contributed by atoms with E-state index in [0.29, 0.717) is 36.6 Å². The molecule has 0 unspecified atom stereocenters. The predicted molar refractivity (Wildman–Crippen MR) is 113 cm³/mol. The monoisotopic (exact) mass is 392 g/mol. The first-order valence-corrected chi connectivity index (χ1v) is 9.99. The lowest BCUT2D eigenvalue weighted by Gasteiger charge is -2.16. The molecule has 0 aliphatic rings. The summed E-state index contributed by atoms with van der Waals surface area (Å²) in [4.78, 5) is 9.18. The lowest BCUT2D eigenvalue weighted by molar-refractivity contribution is 0.240. The summed E-state index contributed by atoms with van der Waals surface area (Å²) in [5, 5.41) is 9.78. The zero-order valence-corrected chi connectivity index (χ0v) is 17.0. The van der Waals surface area contributed by atoms with Gasteiger partial charge < -0.3 is 14.6 Å². The van der Waals surface area contributed by atoms with Crippen LogP contribution in [0.1, 0.15) is 36.4 Å². The van der Waals surface area contributed by atoms with Gasteiger partial charge in [-0.05, 0) is 23.5 Å². The van der Waals surface area contributed by atoms with Gasteiger partial charge >= 0.3 is 0 Å². The Bertz CT molecular complexity index is 883. The summed E-state index contributed by atoms with van der Waals surface area (Å²) in [6.07, 6.45) is 1.48. The topological polar surface area (TPSA) is 64.5 Å². The highest BCUT2D eigenvalue weighted by Crippen LogP contribution is 2.25. The van der Waals surface area contributed by atoms with Gasteiger partial charge in [0.1, 0.15) is 18.0 Å². The maximum atomic E-state index is 9.78. The maximum absolute atomic E-state index is 9.78. The van der Waals surface area contributed by atoms with Crippen LogP contribution in [0, 0.1) is 5.92 Å². The van der Waals surface area contributed by atoms with Gasteiger partial charge in [0, 0.05) is 6.42 Å². The van der Waals surface area contributed by atoms with Gasteiger partial charge in [0.25, 0.3) is 0 Å². The molecule has 0 amide bonds. The van der Waals surface area contributed by atoms with Crippen molar-refractivity contribution in [2.75, 3.05) is 6.61 Å². The molecule has 3 rings (SSSR count). The number of aromatic nitrogens is 2. The molecule has 0 saturated heterocycles. The standard InChI is InChI=1S/C24H28N2O3/c1-18(2)15-21-23(29-17-20-11-7-4-8-12-20)26-22(16-27)24(25-21)28-14-13-19-9-5-3-6-10-19/h3-12,18,27H,13-17H2,1-2H3. The molecular formula is C24H28N2O3. The molecule has 1 heterocycles. The second-order valence-corrected chi connectivity index (χ2v) is 7.34. The van der Waals surface area contributed by atoms with Gasteiger partial charge in [-0.2, -0.15) is 0 Å². The van der Waals surface area contributed by atoms with Gasteiger partial charge in [-0.25, -0.2) is 9.97 Å². The second kappa shape index (κ2) is 10.6. The Morgan fingerprint density at radius 1 is 0.793 bits per heavy atom. The highest BCUT2D eigenvalue weighted by Gasteiger charge is 2.17. The van der Waals surface area contributed by atoms with Crippen molar-refractivity contribution < 1.29 is 14.6 Å². The quantitative estimate of drug-likeness (QED) is 0.555. The number of benzene rings is 2. The molecule has 1 aromatic heterocycles. The summed E-state index contributed by atoms with van der Waals surface area (Å²) in [5.74, 6) is 1.23. The van der Waals surface area contributed by atoms with Crippen LogP contribution in [0.5, 0.6) is 11.8 Å². The fraction of sp³-hybridized carbons (Fsp3) is 0.333. The molecule has 0 atom stereocenters. The molecule has 5 nitrogen and oxygen atoms in total. The molecule has 3 aromatic rings. The molecule has 1 N–H and O–H groups in total. The Labute approximate surface area is 172 Å². The Kier molecular flexibility index (Phi) is 7.59. The zero-order chi connectivity index (χ0) is 20.5. The molecule has 152 valence electrons. The van der Waals surface area contributed by atoms with Crippen LogP contribution in [0.3, 0.4) is 0 Å². The molecule has 0 fully saturated rings. The SMILES string of the molecule is CC(C)Cc1nc(OCCc2ccccc2)c(CO)nc1OCc1ccccc1. The Morgan fingerprint density at radius 2 is 1.38 bits per heavy atom. The van der Waals surface area contributed by atoms with Crippen LogP contribution in [0.2, 0.25) is 0 Å². The van der Waals surface area contributed by atoms with E-state index in [1.54, 1.807) is 0 Å². The second-order valence-electron chi connectivity index (χ2n) is 7.34. The number of rotatable bonds is 10. The van der Waals surface area contributed by atoms with E-state index < -0.39 is 0 Å². The molecule has 0 radical (unpaired) electrons. The first-order valence-electron chi connectivity index (χ1n) is 9.99. The van der Waals surface area contributed by atoms with Crippen molar-refractivity contribution in [2.45, 2.75) is 39.9 Å². The van der Waals surface area contributed by atoms with Crippen molar-refractivity contribution >= 4 is 0 Å². The number of nitrogens with zero attached hydrogens (tertiary/aromatic N) is 2. The van der Waals surface area contributed by atoms with Gasteiger partial charge in [-0.3, -0.25) is 0 Å². The van der Waals surface area contributed by atoms with Crippen LogP contribution in [0.4, 0.5) is 0 Å². The highest BCUT2D eigenvalue weighted by atomic mass is 16.5. The third-order valence-corrected chi connectivity index (χ3v) is 4.41. The van der Waals surface area contributed by atoms with Crippen molar-refractivity contribution in [2.24, 2.45) is 5.92 Å². The van der Waals surface area contributed by atoms with E-state index in [0.717, 1.165) is 24.1 Å². The van der Waals surface area contributed by atoms with Gasteiger partial charge in [0.15, 0.2) is 0 Å². The van der Waals surface area contributed by atoms with E-state index in [1.807, 2.05) is 48.5 Å². The van der Waals surface area contributed by atoms with Gasteiger partial charge in [-0.1, -0.05) is 74.5 Å². The number of hydrogen-bond acceptors (Lipinski definition) is 5. The third-order valence-electron chi connectivity index (χ3n) is 4.41. The fourth-order valence-electron chi connectivity index (χ4n) is 2.96. The molecule has 0 aliphatic carbocycles. The van der Waals surface area contributed by atoms with Gasteiger partial charge in [0.2, 0.25) is 11.8 Å². The van der Waals surface area contributed by atoms with Gasteiger partial charge in [0.05, 0.1) is 13.2 Å². The summed E-state index contributed by atoms with van der Waals surface area (Å²) in [6.45, 7) is 4.87. The lowest BCUT2D eigenvalue weighted by atomic mass is 10.1. The third kappa shape index (κ3) is 6.29. The van der Waals surface area contributed by atoms with Crippen LogP contribution in [-0.4, -0.2) is 21.7 Å². The minimum absolute atomic E-state index is 0.253. The predicted octanol–water partition coefficient (Wildman–Crippen LogP) is 4.37. The number of aliphatic hydroxyl groups is 1. The van der Waals surface area contributed by atoms with E-state index >= 15 is 0 Å². The van der Waals surface area contributed by atoms with Crippen LogP contribution < -0.4 is 9.47 Å². The number of hydrogen-bond donors (Lipinski definition) is 1. The lowest BCUT2D eigenvalue weighted by Crippen LogP contribution is -2.12. The van der Waals surface area contributed by atoms with E-state index in [4.69, 9.17) is 9.47 Å². The average Bonchev–Trinajstić information content (AvgIpc) is 2.74. The van der Waals surface area contributed by atoms with Crippen LogP contribution in [0.15, 0.2) is 60.7 Å². The van der Waals surface area contributed by atoms with Gasteiger partial charge in [-0.15, -0.1) is 0 Å². The number of ether oxygens (including phenoxy) is 2. The molecule has 5 heteroatoms. The van der Waals surface area contributed by atoms with Crippen LogP contribution >= 0.6 is 0 Å². The molecule has 2 aromatic carbocycles. The van der Waals surface area contributed by atoms with E-state index in [9.17, 15) is 5.11 Å².